The summed E-state index contributed by atoms with van der Waals surface area (Å²) in [7, 11) is 0. The average Bonchev–Trinajstić information content (AvgIpc) is 2.96. The van der Waals surface area contributed by atoms with Crippen LogP contribution in [0.25, 0.3) is 0 Å². The minimum Gasteiger partial charge on any atom is -0.376 e. The molecule has 126 valence electrons. The van der Waals surface area contributed by atoms with Gasteiger partial charge in [-0.1, -0.05) is 46.0 Å². The van der Waals surface area contributed by atoms with Crippen LogP contribution in [-0.4, -0.2) is 44.0 Å². The van der Waals surface area contributed by atoms with E-state index in [4.69, 9.17) is 21.8 Å². The molecule has 0 spiro atoms. The van der Waals surface area contributed by atoms with E-state index in [1.54, 1.807) is 12.1 Å². The number of carbonyl (C=O) groups is 2. The van der Waals surface area contributed by atoms with Crippen LogP contribution in [-0.2, 0) is 31.2 Å². The van der Waals surface area contributed by atoms with Gasteiger partial charge < -0.3 is 5.11 Å². The number of amides is 1. The van der Waals surface area contributed by atoms with Gasteiger partial charge in [-0.25, -0.2) is 0 Å². The van der Waals surface area contributed by atoms with Gasteiger partial charge in [0.1, 0.15) is 9.57 Å². The quantitative estimate of drug-likeness (QED) is 0.710. The molecule has 2 unspecified atom stereocenters. The smallest absolute Gasteiger partial charge is 0.373 e. The topological polar surface area (TPSA) is 91.8 Å². The second-order valence-electron chi connectivity index (χ2n) is 5.10. The number of rotatable bonds is 2. The highest BCUT2D eigenvalue weighted by atomic mass is 79.9. The van der Waals surface area contributed by atoms with Crippen molar-refractivity contribution in [2.75, 3.05) is 6.54 Å². The highest BCUT2D eigenvalue weighted by molar-refractivity contribution is 9.10. The monoisotopic (exact) mass is 429 g/mol. The fraction of sp³-hybridized carbons (Fsp3) is 0.333. The number of nitrogens with zero attached hydrogens (tertiary/aromatic N) is 1. The van der Waals surface area contributed by atoms with Crippen molar-refractivity contribution in [3.05, 3.63) is 33.8 Å². The molecule has 1 saturated heterocycles. The number of carbonyl (C=O) groups excluding carboxylic acids is 4. The molecular weight excluding hydrogens is 418 g/mol. The van der Waals surface area contributed by atoms with E-state index in [-0.39, 0.29) is 24.3 Å². The second-order valence-corrected chi connectivity index (χ2v) is 7.75. The molecule has 1 aliphatic heterocycles. The van der Waals surface area contributed by atoms with Gasteiger partial charge in [-0.05, 0) is 30.2 Å². The predicted molar refractivity (Wildman–Crippen MR) is 93.1 cm³/mol. The number of ketones is 1. The van der Waals surface area contributed by atoms with E-state index in [1.807, 2.05) is 13.0 Å². The average molecular weight is 430 g/mol. The summed E-state index contributed by atoms with van der Waals surface area (Å²) in [5.74, 6) is -0.640. The summed E-state index contributed by atoms with van der Waals surface area (Å²) in [6, 6.07) is 5.34. The molecule has 2 aliphatic rings. The Kier molecular flexibility index (Phi) is 5.72. The molecule has 0 radical (unpaired) electrons. The normalized spacial score (nSPS) is 25.2. The molecule has 2 atom stereocenters. The highest BCUT2D eigenvalue weighted by Crippen LogP contribution is 2.46. The van der Waals surface area contributed by atoms with Crippen LogP contribution in [0.15, 0.2) is 22.7 Å². The van der Waals surface area contributed by atoms with Gasteiger partial charge in [0, 0.05) is 17.4 Å². The zero-order valence-corrected chi connectivity index (χ0v) is 15.7. The highest BCUT2D eigenvalue weighted by Gasteiger charge is 2.57. The maximum atomic E-state index is 12.5. The molecule has 24 heavy (non-hydrogen) atoms. The molecule has 9 heteroatoms. The summed E-state index contributed by atoms with van der Waals surface area (Å²) in [6.45, 7) is 2.26. The lowest BCUT2D eigenvalue weighted by molar-refractivity contribution is -0.191. The minimum absolute atomic E-state index is 0.141. The van der Waals surface area contributed by atoms with Crippen molar-refractivity contribution >= 4 is 62.1 Å². The molecule has 0 saturated carbocycles. The van der Waals surface area contributed by atoms with Crippen LogP contribution in [0.2, 0.25) is 0 Å². The maximum absolute atomic E-state index is 12.5. The van der Waals surface area contributed by atoms with Crippen molar-refractivity contribution < 1.29 is 24.3 Å². The number of fused-ring (bicyclic) bond motifs is 1. The third-order valence-electron chi connectivity index (χ3n) is 3.88. The lowest BCUT2D eigenvalue weighted by Gasteiger charge is -2.27. The van der Waals surface area contributed by atoms with Gasteiger partial charge in [-0.15, -0.1) is 0 Å². The zero-order chi connectivity index (χ0) is 18.1. The first kappa shape index (κ1) is 19.0. The number of hydrogen-bond donors (Lipinski definition) is 1. The van der Waals surface area contributed by atoms with Crippen molar-refractivity contribution in [3.8, 4) is 0 Å². The number of halogens is 1. The summed E-state index contributed by atoms with van der Waals surface area (Å²) in [5.41, 5.74) is -0.525. The number of thiocarbonyl (C=S) groups is 1. The number of benzene rings is 1. The van der Waals surface area contributed by atoms with Gasteiger partial charge in [-0.3, -0.25) is 14.5 Å². The van der Waals surface area contributed by atoms with E-state index in [9.17, 15) is 14.7 Å². The summed E-state index contributed by atoms with van der Waals surface area (Å²) < 4.78 is 1.18. The van der Waals surface area contributed by atoms with Gasteiger partial charge in [0.2, 0.25) is 5.91 Å². The minimum atomic E-state index is -1.80. The van der Waals surface area contributed by atoms with Crippen molar-refractivity contribution in [1.82, 2.24) is 4.90 Å². The first-order chi connectivity index (χ1) is 11.3. The second kappa shape index (κ2) is 7.25. The Morgan fingerprint density at radius 1 is 1.46 bits per heavy atom. The van der Waals surface area contributed by atoms with E-state index in [2.05, 4.69) is 15.9 Å². The predicted octanol–water partition coefficient (Wildman–Crippen LogP) is 1.43. The summed E-state index contributed by atoms with van der Waals surface area (Å²) in [6.07, 6.45) is 0.391. The Morgan fingerprint density at radius 3 is 2.62 bits per heavy atom. The molecule has 6 nitrogen and oxygen atoms in total. The van der Waals surface area contributed by atoms with Gasteiger partial charge in [-0.2, -0.15) is 9.59 Å². The molecule has 0 bridgehead atoms. The van der Waals surface area contributed by atoms with Gasteiger partial charge in [0.25, 0.3) is 0 Å². The Labute approximate surface area is 155 Å². The van der Waals surface area contributed by atoms with E-state index < -0.39 is 10.9 Å². The molecule has 1 heterocycles. The molecule has 1 fully saturated rings. The SMILES string of the molecule is CCN1C(=O)C(C2(O)C(=O)Cc3ccc(Br)cc32)SC1=S.O=C=O. The Hall–Kier alpha value is -1.38. The Bertz CT molecular complexity index is 762. The third-order valence-corrected chi connectivity index (χ3v) is 6.09. The molecule has 1 aliphatic carbocycles. The maximum Gasteiger partial charge on any atom is 0.373 e. The summed E-state index contributed by atoms with van der Waals surface area (Å²) >= 11 is 9.62. The Morgan fingerprint density at radius 2 is 2.08 bits per heavy atom. The van der Waals surface area contributed by atoms with Crippen LogP contribution in [0.4, 0.5) is 0 Å². The van der Waals surface area contributed by atoms with Crippen molar-refractivity contribution in [1.29, 1.82) is 0 Å². The van der Waals surface area contributed by atoms with E-state index >= 15 is 0 Å². The molecule has 3 rings (SSSR count). The van der Waals surface area contributed by atoms with Gasteiger partial charge in [0.15, 0.2) is 11.4 Å². The van der Waals surface area contributed by atoms with Crippen molar-refractivity contribution in [2.45, 2.75) is 24.2 Å². The number of thioether (sulfide) groups is 1. The standard InChI is InChI=1S/C14H12BrNO3S2.CO2/c1-2-16-12(18)11(21-13(16)20)14(19)9-6-8(15)4-3-7(9)5-10(14)17;2-1-3/h3-4,6,11,19H,2,5H2,1H3;. The lowest BCUT2D eigenvalue weighted by atomic mass is 9.90. The van der Waals surface area contributed by atoms with E-state index in [0.717, 1.165) is 21.8 Å². The fourth-order valence-electron chi connectivity index (χ4n) is 2.80. The van der Waals surface area contributed by atoms with Crippen LogP contribution in [0.1, 0.15) is 18.1 Å². The fourth-order valence-corrected chi connectivity index (χ4v) is 4.87. The molecule has 1 aromatic carbocycles. The number of aliphatic hydroxyl groups is 1. The van der Waals surface area contributed by atoms with Gasteiger partial charge in [0.05, 0.1) is 0 Å². The lowest BCUT2D eigenvalue weighted by Crippen LogP contribution is -2.47. The van der Waals surface area contributed by atoms with E-state index in [0.29, 0.717) is 16.4 Å². The first-order valence-electron chi connectivity index (χ1n) is 6.87. The number of hydrogen-bond acceptors (Lipinski definition) is 7. The molecular formula is C15H12BrNO5S2. The Balaban J connectivity index is 0.000000647. The molecule has 1 aromatic rings. The number of Topliss-reactive ketones (excluding diaryl/α,β-unsaturated/α-hetero) is 1. The zero-order valence-electron chi connectivity index (χ0n) is 12.4. The third kappa shape index (κ3) is 2.98. The van der Waals surface area contributed by atoms with E-state index in [1.165, 1.54) is 4.90 Å². The molecule has 1 N–H and O–H groups in total. The van der Waals surface area contributed by atoms with Crippen LogP contribution < -0.4 is 0 Å². The molecule has 0 aromatic heterocycles. The summed E-state index contributed by atoms with van der Waals surface area (Å²) in [4.78, 5) is 42.6. The van der Waals surface area contributed by atoms with Crippen molar-refractivity contribution in [3.63, 3.8) is 0 Å². The first-order valence-corrected chi connectivity index (χ1v) is 8.95. The van der Waals surface area contributed by atoms with Crippen LogP contribution in [0.3, 0.4) is 0 Å². The van der Waals surface area contributed by atoms with Crippen LogP contribution in [0.5, 0.6) is 0 Å². The summed E-state index contributed by atoms with van der Waals surface area (Å²) in [5, 5.41) is 10.1. The largest absolute Gasteiger partial charge is 0.376 e. The van der Waals surface area contributed by atoms with Crippen LogP contribution in [0, 0.1) is 0 Å². The molecule has 1 amide bonds. The van der Waals surface area contributed by atoms with Gasteiger partial charge >= 0.3 is 6.15 Å². The van der Waals surface area contributed by atoms with Crippen LogP contribution >= 0.6 is 39.9 Å². The van der Waals surface area contributed by atoms with Crippen molar-refractivity contribution in [2.24, 2.45) is 0 Å².